The first-order valence-electron chi connectivity index (χ1n) is 6.82. The number of hydrogen-bond donors (Lipinski definition) is 1. The molecule has 0 spiro atoms. The summed E-state index contributed by atoms with van der Waals surface area (Å²) in [6.45, 7) is 2.67. The maximum Gasteiger partial charge on any atom is 0.123 e. The van der Waals surface area contributed by atoms with Crippen LogP contribution >= 0.6 is 0 Å². The van der Waals surface area contributed by atoms with Crippen LogP contribution in [0.3, 0.4) is 0 Å². The van der Waals surface area contributed by atoms with Crippen LogP contribution in [-0.2, 0) is 11.3 Å². The summed E-state index contributed by atoms with van der Waals surface area (Å²) >= 11 is 0. The zero-order valence-corrected chi connectivity index (χ0v) is 11.9. The second-order valence-corrected chi connectivity index (χ2v) is 4.79. The minimum absolute atomic E-state index is 0.100. The Balaban J connectivity index is 2.15. The Bertz CT molecular complexity index is 556. The normalized spacial score (nSPS) is 12.2. The Morgan fingerprint density at radius 2 is 1.95 bits per heavy atom. The van der Waals surface area contributed by atoms with Gasteiger partial charge in [0.05, 0.1) is 12.6 Å². The molecule has 2 nitrogen and oxygen atoms in total. The van der Waals surface area contributed by atoms with E-state index in [1.54, 1.807) is 19.2 Å². The molecule has 0 saturated carbocycles. The smallest absolute Gasteiger partial charge is 0.123 e. The third-order valence-corrected chi connectivity index (χ3v) is 3.24. The van der Waals surface area contributed by atoms with Crippen molar-refractivity contribution in [2.75, 3.05) is 12.4 Å². The molecule has 0 aliphatic carbocycles. The molecule has 3 heteroatoms. The largest absolute Gasteiger partial charge is 0.380 e. The Hall–Kier alpha value is -1.87. The molecule has 0 aliphatic heterocycles. The van der Waals surface area contributed by atoms with E-state index in [0.29, 0.717) is 6.61 Å². The molecule has 0 saturated heterocycles. The van der Waals surface area contributed by atoms with E-state index in [1.165, 1.54) is 6.07 Å². The predicted octanol–water partition coefficient (Wildman–Crippen LogP) is 4.54. The van der Waals surface area contributed by atoms with Crippen molar-refractivity contribution in [2.24, 2.45) is 0 Å². The lowest BCUT2D eigenvalue weighted by Crippen LogP contribution is -2.10. The van der Waals surface area contributed by atoms with E-state index in [4.69, 9.17) is 4.74 Å². The molecule has 0 amide bonds. The monoisotopic (exact) mass is 273 g/mol. The molecule has 2 rings (SSSR count). The van der Waals surface area contributed by atoms with Gasteiger partial charge in [-0.1, -0.05) is 31.2 Å². The number of halogens is 1. The minimum atomic E-state index is -0.198. The van der Waals surface area contributed by atoms with Gasteiger partial charge >= 0.3 is 0 Å². The number of methoxy groups -OCH3 is 1. The molecule has 0 aromatic heterocycles. The average Bonchev–Trinajstić information content (AvgIpc) is 2.45. The van der Waals surface area contributed by atoms with Crippen LogP contribution in [0, 0.1) is 5.82 Å². The number of nitrogens with one attached hydrogen (secondary N) is 1. The molecule has 0 heterocycles. The number of anilines is 1. The quantitative estimate of drug-likeness (QED) is 0.834. The lowest BCUT2D eigenvalue weighted by atomic mass is 10.0. The van der Waals surface area contributed by atoms with Gasteiger partial charge in [-0.15, -0.1) is 0 Å². The molecule has 20 heavy (non-hydrogen) atoms. The molecular formula is C17H20FNO. The number of benzene rings is 2. The summed E-state index contributed by atoms with van der Waals surface area (Å²) in [5, 5.41) is 3.45. The van der Waals surface area contributed by atoms with Gasteiger partial charge in [0.25, 0.3) is 0 Å². The van der Waals surface area contributed by atoms with Gasteiger partial charge in [0, 0.05) is 12.8 Å². The summed E-state index contributed by atoms with van der Waals surface area (Å²) in [6.07, 6.45) is 0.887. The van der Waals surface area contributed by atoms with Crippen molar-refractivity contribution < 1.29 is 9.13 Å². The van der Waals surface area contributed by atoms with Gasteiger partial charge in [0.15, 0.2) is 0 Å². The van der Waals surface area contributed by atoms with Gasteiger partial charge in [0.1, 0.15) is 5.82 Å². The topological polar surface area (TPSA) is 21.3 Å². The van der Waals surface area contributed by atoms with Crippen molar-refractivity contribution in [3.8, 4) is 0 Å². The second-order valence-electron chi connectivity index (χ2n) is 4.79. The Morgan fingerprint density at radius 1 is 1.15 bits per heavy atom. The highest BCUT2D eigenvalue weighted by atomic mass is 19.1. The third-order valence-electron chi connectivity index (χ3n) is 3.24. The fraction of sp³-hybridized carbons (Fsp3) is 0.294. The van der Waals surface area contributed by atoms with Crippen molar-refractivity contribution in [1.82, 2.24) is 0 Å². The van der Waals surface area contributed by atoms with E-state index in [0.717, 1.165) is 23.2 Å². The van der Waals surface area contributed by atoms with Crippen molar-refractivity contribution in [3.05, 3.63) is 65.5 Å². The zero-order valence-electron chi connectivity index (χ0n) is 11.9. The first kappa shape index (κ1) is 14.5. The highest BCUT2D eigenvalue weighted by Gasteiger charge is 2.10. The standard InChI is InChI=1S/C17H20FNO/c1-3-17(14-7-5-8-15(18)11-14)19-16-9-4-6-13(10-16)12-20-2/h4-11,17,19H,3,12H2,1-2H3. The lowest BCUT2D eigenvalue weighted by molar-refractivity contribution is 0.185. The van der Waals surface area contributed by atoms with Gasteiger partial charge in [0.2, 0.25) is 0 Å². The molecule has 1 N–H and O–H groups in total. The Kier molecular flexibility index (Phi) is 5.13. The molecule has 2 aromatic rings. The molecule has 106 valence electrons. The van der Waals surface area contributed by atoms with Gasteiger partial charge in [-0.3, -0.25) is 0 Å². The SMILES string of the molecule is CCC(Nc1cccc(COC)c1)c1cccc(F)c1. The van der Waals surface area contributed by atoms with Crippen LogP contribution in [0.15, 0.2) is 48.5 Å². The second kappa shape index (κ2) is 7.06. The fourth-order valence-electron chi connectivity index (χ4n) is 2.26. The molecule has 2 aromatic carbocycles. The first-order chi connectivity index (χ1) is 9.72. The van der Waals surface area contributed by atoms with E-state index in [9.17, 15) is 4.39 Å². The summed E-state index contributed by atoms with van der Waals surface area (Å²) < 4.78 is 18.5. The van der Waals surface area contributed by atoms with Crippen LogP contribution in [0.1, 0.15) is 30.5 Å². The maximum atomic E-state index is 13.3. The molecule has 0 bridgehead atoms. The van der Waals surface area contributed by atoms with Crippen molar-refractivity contribution in [3.63, 3.8) is 0 Å². The van der Waals surface area contributed by atoms with Crippen molar-refractivity contribution in [1.29, 1.82) is 0 Å². The number of hydrogen-bond acceptors (Lipinski definition) is 2. The third kappa shape index (κ3) is 3.81. The van der Waals surface area contributed by atoms with E-state index >= 15 is 0 Å². The first-order valence-corrected chi connectivity index (χ1v) is 6.82. The van der Waals surface area contributed by atoms with E-state index in [2.05, 4.69) is 18.3 Å². The maximum absolute atomic E-state index is 13.3. The van der Waals surface area contributed by atoms with E-state index in [1.807, 2.05) is 24.3 Å². The minimum Gasteiger partial charge on any atom is -0.380 e. The van der Waals surface area contributed by atoms with Crippen LogP contribution in [-0.4, -0.2) is 7.11 Å². The molecule has 0 radical (unpaired) electrons. The number of rotatable bonds is 6. The Morgan fingerprint density at radius 3 is 2.65 bits per heavy atom. The predicted molar refractivity (Wildman–Crippen MR) is 80.2 cm³/mol. The molecular weight excluding hydrogens is 253 g/mol. The van der Waals surface area contributed by atoms with Gasteiger partial charge in [-0.05, 0) is 41.8 Å². The van der Waals surface area contributed by atoms with Crippen molar-refractivity contribution in [2.45, 2.75) is 26.0 Å². The molecule has 0 aliphatic rings. The van der Waals surface area contributed by atoms with Gasteiger partial charge in [-0.25, -0.2) is 4.39 Å². The van der Waals surface area contributed by atoms with E-state index in [-0.39, 0.29) is 11.9 Å². The summed E-state index contributed by atoms with van der Waals surface area (Å²) in [5.41, 5.74) is 3.10. The molecule has 1 unspecified atom stereocenters. The lowest BCUT2D eigenvalue weighted by Gasteiger charge is -2.19. The summed E-state index contributed by atoms with van der Waals surface area (Å²) in [7, 11) is 1.68. The highest BCUT2D eigenvalue weighted by Crippen LogP contribution is 2.23. The van der Waals surface area contributed by atoms with Crippen LogP contribution in [0.2, 0.25) is 0 Å². The highest BCUT2D eigenvalue weighted by molar-refractivity contribution is 5.47. The Labute approximate surface area is 119 Å². The van der Waals surface area contributed by atoms with E-state index < -0.39 is 0 Å². The average molecular weight is 273 g/mol. The summed E-state index contributed by atoms with van der Waals surface area (Å²) in [4.78, 5) is 0. The summed E-state index contributed by atoms with van der Waals surface area (Å²) in [5.74, 6) is -0.198. The van der Waals surface area contributed by atoms with Gasteiger partial charge in [-0.2, -0.15) is 0 Å². The van der Waals surface area contributed by atoms with Crippen LogP contribution in [0.5, 0.6) is 0 Å². The number of ether oxygens (including phenoxy) is 1. The van der Waals surface area contributed by atoms with Crippen molar-refractivity contribution >= 4 is 5.69 Å². The fourth-order valence-corrected chi connectivity index (χ4v) is 2.26. The van der Waals surface area contributed by atoms with Crippen LogP contribution < -0.4 is 5.32 Å². The molecule has 1 atom stereocenters. The van der Waals surface area contributed by atoms with Crippen LogP contribution in [0.25, 0.3) is 0 Å². The summed E-state index contributed by atoms with van der Waals surface area (Å²) in [6, 6.07) is 14.9. The zero-order chi connectivity index (χ0) is 14.4. The van der Waals surface area contributed by atoms with Crippen LogP contribution in [0.4, 0.5) is 10.1 Å². The molecule has 0 fully saturated rings. The van der Waals surface area contributed by atoms with Gasteiger partial charge < -0.3 is 10.1 Å².